The van der Waals surface area contributed by atoms with Crippen molar-refractivity contribution in [2.45, 2.75) is 57.9 Å². The van der Waals surface area contributed by atoms with E-state index in [2.05, 4.69) is 34.5 Å². The standard InChI is InChI=1S/C17H24N4O2S/c1-12(2)20-8-14-6-5-7-16(15(14)9-20)19-24(22,23)17-10-21(11-18-17)13(3)4/h5-7,10-13,19H,8-9H2,1-4H3. The number of hydrogen-bond donors (Lipinski definition) is 1. The predicted molar refractivity (Wildman–Crippen MR) is 94.2 cm³/mol. The molecule has 130 valence electrons. The van der Waals surface area contributed by atoms with E-state index in [-0.39, 0.29) is 11.1 Å². The molecule has 0 fully saturated rings. The van der Waals surface area contributed by atoms with Gasteiger partial charge in [-0.15, -0.1) is 0 Å². The molecule has 2 aromatic rings. The van der Waals surface area contributed by atoms with Crippen LogP contribution in [0.5, 0.6) is 0 Å². The average Bonchev–Trinajstić information content (AvgIpc) is 3.15. The van der Waals surface area contributed by atoms with E-state index in [4.69, 9.17) is 0 Å². The van der Waals surface area contributed by atoms with Gasteiger partial charge in [-0.25, -0.2) is 4.98 Å². The fraction of sp³-hybridized carbons (Fsp3) is 0.471. The fourth-order valence-corrected chi connectivity index (χ4v) is 3.88. The molecular weight excluding hydrogens is 324 g/mol. The highest BCUT2D eigenvalue weighted by Crippen LogP contribution is 2.31. The summed E-state index contributed by atoms with van der Waals surface area (Å²) in [5.74, 6) is 0. The summed E-state index contributed by atoms with van der Waals surface area (Å²) in [6, 6.07) is 6.36. The monoisotopic (exact) mass is 348 g/mol. The van der Waals surface area contributed by atoms with E-state index >= 15 is 0 Å². The van der Waals surface area contributed by atoms with Crippen LogP contribution in [0.4, 0.5) is 5.69 Å². The number of sulfonamides is 1. The van der Waals surface area contributed by atoms with Gasteiger partial charge < -0.3 is 4.57 Å². The first-order valence-corrected chi connectivity index (χ1v) is 9.67. The molecule has 0 radical (unpaired) electrons. The van der Waals surface area contributed by atoms with E-state index in [1.807, 2.05) is 26.0 Å². The molecule has 0 spiro atoms. The third-order valence-corrected chi connectivity index (χ3v) is 5.68. The summed E-state index contributed by atoms with van der Waals surface area (Å²) in [7, 11) is -3.69. The van der Waals surface area contributed by atoms with Crippen molar-refractivity contribution >= 4 is 15.7 Å². The second-order valence-electron chi connectivity index (χ2n) is 6.80. The van der Waals surface area contributed by atoms with E-state index in [9.17, 15) is 8.42 Å². The summed E-state index contributed by atoms with van der Waals surface area (Å²) in [6.07, 6.45) is 3.12. The van der Waals surface area contributed by atoms with Gasteiger partial charge in [-0.3, -0.25) is 9.62 Å². The second-order valence-corrected chi connectivity index (χ2v) is 8.43. The lowest BCUT2D eigenvalue weighted by Crippen LogP contribution is -2.24. The lowest BCUT2D eigenvalue weighted by Gasteiger charge is -2.19. The van der Waals surface area contributed by atoms with Gasteiger partial charge in [0.2, 0.25) is 0 Å². The van der Waals surface area contributed by atoms with E-state index < -0.39 is 10.0 Å². The summed E-state index contributed by atoms with van der Waals surface area (Å²) in [5.41, 5.74) is 2.88. The van der Waals surface area contributed by atoms with Crippen LogP contribution in [0.25, 0.3) is 0 Å². The van der Waals surface area contributed by atoms with Crippen molar-refractivity contribution in [2.24, 2.45) is 0 Å². The molecule has 1 aliphatic rings. The maximum atomic E-state index is 12.7. The highest BCUT2D eigenvalue weighted by molar-refractivity contribution is 7.92. The molecule has 2 heterocycles. The number of rotatable bonds is 5. The van der Waals surface area contributed by atoms with Crippen molar-refractivity contribution in [1.29, 1.82) is 0 Å². The first-order chi connectivity index (χ1) is 11.3. The number of hydrogen-bond acceptors (Lipinski definition) is 4. The van der Waals surface area contributed by atoms with E-state index in [1.54, 1.807) is 17.1 Å². The SMILES string of the molecule is CC(C)N1Cc2cccc(NS(=O)(=O)c3cn(C(C)C)cn3)c2C1. The first-order valence-electron chi connectivity index (χ1n) is 8.19. The Balaban J connectivity index is 1.88. The van der Waals surface area contributed by atoms with E-state index in [0.717, 1.165) is 18.7 Å². The first kappa shape index (κ1) is 17.0. The van der Waals surface area contributed by atoms with Crippen LogP contribution >= 0.6 is 0 Å². The number of imidazole rings is 1. The van der Waals surface area contributed by atoms with Gasteiger partial charge in [-0.2, -0.15) is 8.42 Å². The quantitative estimate of drug-likeness (QED) is 0.902. The van der Waals surface area contributed by atoms with Crippen LogP contribution in [-0.4, -0.2) is 28.9 Å². The molecule has 1 aliphatic heterocycles. The summed E-state index contributed by atoms with van der Waals surface area (Å²) >= 11 is 0. The van der Waals surface area contributed by atoms with Crippen molar-refractivity contribution in [2.75, 3.05) is 4.72 Å². The summed E-state index contributed by atoms with van der Waals surface area (Å²) in [5, 5.41) is 0.0486. The highest BCUT2D eigenvalue weighted by Gasteiger charge is 2.26. The van der Waals surface area contributed by atoms with E-state index in [0.29, 0.717) is 11.7 Å². The third-order valence-electron chi connectivity index (χ3n) is 4.43. The van der Waals surface area contributed by atoms with Crippen LogP contribution in [0.3, 0.4) is 0 Å². The molecule has 0 saturated carbocycles. The van der Waals surface area contributed by atoms with Gasteiger partial charge in [0.1, 0.15) is 0 Å². The molecule has 0 saturated heterocycles. The number of fused-ring (bicyclic) bond motifs is 1. The molecule has 1 aromatic heterocycles. The molecule has 3 rings (SSSR count). The van der Waals surface area contributed by atoms with Crippen molar-refractivity contribution in [3.05, 3.63) is 41.9 Å². The Labute approximate surface area is 143 Å². The summed E-state index contributed by atoms with van der Waals surface area (Å²) in [6.45, 7) is 9.87. The minimum absolute atomic E-state index is 0.0486. The summed E-state index contributed by atoms with van der Waals surface area (Å²) < 4.78 is 29.8. The molecule has 0 unspecified atom stereocenters. The molecular formula is C17H24N4O2S. The van der Waals surface area contributed by atoms with Crippen LogP contribution < -0.4 is 4.72 Å². The fourth-order valence-electron chi connectivity index (χ4n) is 2.84. The van der Waals surface area contributed by atoms with Crippen LogP contribution in [-0.2, 0) is 23.1 Å². The molecule has 24 heavy (non-hydrogen) atoms. The van der Waals surface area contributed by atoms with E-state index in [1.165, 1.54) is 5.56 Å². The predicted octanol–water partition coefficient (Wildman–Crippen LogP) is 2.99. The van der Waals surface area contributed by atoms with Gasteiger partial charge >= 0.3 is 0 Å². The zero-order valence-corrected chi connectivity index (χ0v) is 15.3. The zero-order valence-electron chi connectivity index (χ0n) is 14.5. The van der Waals surface area contributed by atoms with Crippen molar-refractivity contribution in [3.8, 4) is 0 Å². The third kappa shape index (κ3) is 3.18. The van der Waals surface area contributed by atoms with Gasteiger partial charge in [0, 0.05) is 31.4 Å². The van der Waals surface area contributed by atoms with Crippen LogP contribution in [0, 0.1) is 0 Å². The van der Waals surface area contributed by atoms with Gasteiger partial charge in [0.25, 0.3) is 10.0 Å². The van der Waals surface area contributed by atoms with Crippen LogP contribution in [0.1, 0.15) is 44.9 Å². The normalized spacial score (nSPS) is 15.2. The lowest BCUT2D eigenvalue weighted by atomic mass is 10.1. The van der Waals surface area contributed by atoms with Gasteiger partial charge in [-0.05, 0) is 44.9 Å². The Hall–Kier alpha value is -1.86. The molecule has 1 N–H and O–H groups in total. The molecule has 7 heteroatoms. The number of aromatic nitrogens is 2. The number of benzene rings is 1. The van der Waals surface area contributed by atoms with Gasteiger partial charge in [0.05, 0.1) is 12.0 Å². The Kier molecular flexibility index (Phi) is 4.40. The van der Waals surface area contributed by atoms with Crippen molar-refractivity contribution < 1.29 is 8.42 Å². The largest absolute Gasteiger partial charge is 0.334 e. The zero-order chi connectivity index (χ0) is 17.5. The molecule has 6 nitrogen and oxygen atoms in total. The topological polar surface area (TPSA) is 67.2 Å². The second kappa shape index (κ2) is 6.22. The smallest absolute Gasteiger partial charge is 0.280 e. The maximum absolute atomic E-state index is 12.7. The van der Waals surface area contributed by atoms with Crippen LogP contribution in [0.15, 0.2) is 35.7 Å². The number of anilines is 1. The van der Waals surface area contributed by atoms with Crippen molar-refractivity contribution in [3.63, 3.8) is 0 Å². The molecule has 0 atom stereocenters. The molecule has 0 bridgehead atoms. The number of nitrogens with one attached hydrogen (secondary N) is 1. The lowest BCUT2D eigenvalue weighted by molar-refractivity contribution is 0.227. The molecule has 0 aliphatic carbocycles. The molecule has 1 aromatic carbocycles. The Morgan fingerprint density at radius 3 is 2.50 bits per heavy atom. The average molecular weight is 348 g/mol. The minimum Gasteiger partial charge on any atom is -0.334 e. The van der Waals surface area contributed by atoms with Gasteiger partial charge in [0.15, 0.2) is 5.03 Å². The number of nitrogens with zero attached hydrogens (tertiary/aromatic N) is 3. The van der Waals surface area contributed by atoms with Crippen LogP contribution in [0.2, 0.25) is 0 Å². The Morgan fingerprint density at radius 1 is 1.12 bits per heavy atom. The van der Waals surface area contributed by atoms with Gasteiger partial charge in [-0.1, -0.05) is 12.1 Å². The summed E-state index contributed by atoms with van der Waals surface area (Å²) in [4.78, 5) is 6.36. The Bertz CT molecular complexity index is 840. The molecule has 0 amide bonds. The maximum Gasteiger partial charge on any atom is 0.280 e. The van der Waals surface area contributed by atoms with Crippen molar-refractivity contribution in [1.82, 2.24) is 14.5 Å². The Morgan fingerprint density at radius 2 is 1.88 bits per heavy atom. The minimum atomic E-state index is -3.69. The highest BCUT2D eigenvalue weighted by atomic mass is 32.2.